The van der Waals surface area contributed by atoms with Gasteiger partial charge in [-0.15, -0.1) is 0 Å². The molecule has 1 rings (SSSR count). The lowest BCUT2D eigenvalue weighted by Gasteiger charge is -1.96. The first-order valence-electron chi connectivity index (χ1n) is 4.98. The molecule has 0 atom stereocenters. The molecular formula is C11H16N2O. The standard InChI is InChI=1S/C11H16N2O/c1-4-7-9-8(5-2)11(14)13-10(6-3)12-9/h5,7H,4,6H2,1-3H3,(H,12,13,14)/b8-5+,9-7+. The Labute approximate surface area is 83.2 Å². The summed E-state index contributed by atoms with van der Waals surface area (Å²) in [5.41, 5.74) is -0.0425. The summed E-state index contributed by atoms with van der Waals surface area (Å²) >= 11 is 0. The van der Waals surface area contributed by atoms with Crippen molar-refractivity contribution in [2.24, 2.45) is 0 Å². The van der Waals surface area contributed by atoms with E-state index in [9.17, 15) is 4.79 Å². The van der Waals surface area contributed by atoms with Crippen LogP contribution in [0.3, 0.4) is 0 Å². The summed E-state index contributed by atoms with van der Waals surface area (Å²) in [5.74, 6) is 0.750. The molecule has 1 aromatic heterocycles. The Morgan fingerprint density at radius 2 is 2.14 bits per heavy atom. The van der Waals surface area contributed by atoms with Crippen LogP contribution in [0, 0.1) is 0 Å². The molecule has 0 spiro atoms. The number of H-pyrrole nitrogens is 1. The summed E-state index contributed by atoms with van der Waals surface area (Å²) in [6, 6.07) is 0. The van der Waals surface area contributed by atoms with E-state index in [4.69, 9.17) is 0 Å². The number of hydrogen-bond acceptors (Lipinski definition) is 2. The first kappa shape index (κ1) is 10.7. The van der Waals surface area contributed by atoms with Gasteiger partial charge in [0.15, 0.2) is 0 Å². The first-order chi connectivity index (χ1) is 6.72. The van der Waals surface area contributed by atoms with E-state index >= 15 is 0 Å². The predicted octanol–water partition coefficient (Wildman–Crippen LogP) is 0.323. The van der Waals surface area contributed by atoms with E-state index in [-0.39, 0.29) is 5.56 Å². The maximum absolute atomic E-state index is 11.6. The number of nitrogens with one attached hydrogen (secondary N) is 1. The Hall–Kier alpha value is -1.38. The van der Waals surface area contributed by atoms with Gasteiger partial charge in [-0.25, -0.2) is 4.98 Å². The van der Waals surface area contributed by atoms with Crippen molar-refractivity contribution >= 4 is 12.2 Å². The molecule has 3 heteroatoms. The summed E-state index contributed by atoms with van der Waals surface area (Å²) in [6.07, 6.45) is 5.42. The molecule has 0 unspecified atom stereocenters. The fraction of sp³-hybridized carbons (Fsp3) is 0.455. The van der Waals surface area contributed by atoms with E-state index in [1.165, 1.54) is 0 Å². The molecule has 1 aromatic rings. The fourth-order valence-electron chi connectivity index (χ4n) is 1.34. The summed E-state index contributed by atoms with van der Waals surface area (Å²) in [4.78, 5) is 18.7. The van der Waals surface area contributed by atoms with Gasteiger partial charge in [0.05, 0.1) is 10.6 Å². The van der Waals surface area contributed by atoms with Gasteiger partial charge in [-0.3, -0.25) is 4.79 Å². The third-order valence-corrected chi connectivity index (χ3v) is 2.05. The lowest BCUT2D eigenvalue weighted by atomic mass is 10.3. The van der Waals surface area contributed by atoms with Crippen LogP contribution in [0.25, 0.3) is 12.2 Å². The number of aromatic nitrogens is 2. The lowest BCUT2D eigenvalue weighted by molar-refractivity contribution is 0.890. The van der Waals surface area contributed by atoms with Crippen molar-refractivity contribution in [1.82, 2.24) is 9.97 Å². The van der Waals surface area contributed by atoms with Gasteiger partial charge >= 0.3 is 0 Å². The molecule has 0 saturated carbocycles. The van der Waals surface area contributed by atoms with Crippen LogP contribution in [-0.2, 0) is 6.42 Å². The zero-order chi connectivity index (χ0) is 10.6. The highest BCUT2D eigenvalue weighted by molar-refractivity contribution is 5.25. The minimum absolute atomic E-state index is 0.0425. The van der Waals surface area contributed by atoms with Gasteiger partial charge in [0.25, 0.3) is 5.56 Å². The third kappa shape index (κ3) is 2.10. The fourth-order valence-corrected chi connectivity index (χ4v) is 1.34. The van der Waals surface area contributed by atoms with Crippen LogP contribution >= 0.6 is 0 Å². The number of hydrogen-bond donors (Lipinski definition) is 1. The highest BCUT2D eigenvalue weighted by atomic mass is 16.1. The van der Waals surface area contributed by atoms with Gasteiger partial charge in [0, 0.05) is 6.42 Å². The summed E-state index contributed by atoms with van der Waals surface area (Å²) in [7, 11) is 0. The van der Waals surface area contributed by atoms with E-state index in [1.54, 1.807) is 6.08 Å². The Kier molecular flexibility index (Phi) is 3.63. The molecule has 0 aromatic carbocycles. The van der Waals surface area contributed by atoms with Gasteiger partial charge in [-0.1, -0.05) is 26.0 Å². The van der Waals surface area contributed by atoms with Gasteiger partial charge in [-0.2, -0.15) is 0 Å². The van der Waals surface area contributed by atoms with E-state index in [0.717, 1.165) is 24.0 Å². The van der Waals surface area contributed by atoms with Crippen molar-refractivity contribution in [2.75, 3.05) is 0 Å². The molecule has 0 aliphatic heterocycles. The molecule has 0 bridgehead atoms. The molecule has 0 aliphatic carbocycles. The van der Waals surface area contributed by atoms with E-state index < -0.39 is 0 Å². The van der Waals surface area contributed by atoms with Crippen molar-refractivity contribution in [1.29, 1.82) is 0 Å². The van der Waals surface area contributed by atoms with Gasteiger partial charge < -0.3 is 4.98 Å². The maximum atomic E-state index is 11.6. The zero-order valence-electron chi connectivity index (χ0n) is 8.92. The molecule has 0 fully saturated rings. The Balaban J connectivity index is 3.62. The van der Waals surface area contributed by atoms with Crippen molar-refractivity contribution in [2.45, 2.75) is 33.6 Å². The quantitative estimate of drug-likeness (QED) is 0.733. The van der Waals surface area contributed by atoms with Crippen LogP contribution in [-0.4, -0.2) is 9.97 Å². The van der Waals surface area contributed by atoms with Crippen molar-refractivity contribution in [3.05, 3.63) is 26.7 Å². The Bertz CT molecular complexity index is 471. The molecule has 76 valence electrons. The molecule has 0 saturated heterocycles. The van der Waals surface area contributed by atoms with Gasteiger partial charge in [0.1, 0.15) is 5.82 Å². The minimum atomic E-state index is -0.0425. The van der Waals surface area contributed by atoms with E-state index in [1.807, 2.05) is 26.8 Å². The summed E-state index contributed by atoms with van der Waals surface area (Å²) < 4.78 is 0. The number of nitrogens with zero attached hydrogens (tertiary/aromatic N) is 1. The molecule has 0 amide bonds. The average Bonchev–Trinajstić information content (AvgIpc) is 2.18. The van der Waals surface area contributed by atoms with Gasteiger partial charge in [-0.05, 0) is 13.3 Å². The molecule has 1 N–H and O–H groups in total. The van der Waals surface area contributed by atoms with Crippen LogP contribution in [0.1, 0.15) is 33.0 Å². The molecule has 14 heavy (non-hydrogen) atoms. The number of rotatable bonds is 2. The second-order valence-corrected chi connectivity index (χ2v) is 3.07. The smallest absolute Gasteiger partial charge is 0.258 e. The van der Waals surface area contributed by atoms with Crippen LogP contribution in [0.15, 0.2) is 4.79 Å². The number of aromatic amines is 1. The minimum Gasteiger partial charge on any atom is -0.310 e. The highest BCUT2D eigenvalue weighted by Gasteiger charge is 1.96. The predicted molar refractivity (Wildman–Crippen MR) is 58.4 cm³/mol. The largest absolute Gasteiger partial charge is 0.310 e. The lowest BCUT2D eigenvalue weighted by Crippen LogP contribution is -2.43. The molecule has 1 heterocycles. The van der Waals surface area contributed by atoms with Crippen molar-refractivity contribution in [3.8, 4) is 0 Å². The second-order valence-electron chi connectivity index (χ2n) is 3.07. The highest BCUT2D eigenvalue weighted by Crippen LogP contribution is 1.79. The van der Waals surface area contributed by atoms with E-state index in [2.05, 4.69) is 9.97 Å². The van der Waals surface area contributed by atoms with Crippen molar-refractivity contribution < 1.29 is 0 Å². The molecular weight excluding hydrogens is 176 g/mol. The topological polar surface area (TPSA) is 45.8 Å². The normalized spacial score (nSPS) is 13.6. The van der Waals surface area contributed by atoms with Gasteiger partial charge in [0.2, 0.25) is 0 Å². The van der Waals surface area contributed by atoms with E-state index in [0.29, 0.717) is 5.22 Å². The molecule has 0 aliphatic rings. The molecule has 0 radical (unpaired) electrons. The SMILES string of the molecule is C/C=c1/c(=O)[nH]c(CC)n/c1=C/CC. The van der Waals surface area contributed by atoms with Crippen molar-refractivity contribution in [3.63, 3.8) is 0 Å². The maximum Gasteiger partial charge on any atom is 0.258 e. The summed E-state index contributed by atoms with van der Waals surface area (Å²) in [5, 5.41) is 1.47. The number of aryl methyl sites for hydroxylation is 1. The Morgan fingerprint density at radius 3 is 2.64 bits per heavy atom. The first-order valence-corrected chi connectivity index (χ1v) is 4.98. The monoisotopic (exact) mass is 192 g/mol. The third-order valence-electron chi connectivity index (χ3n) is 2.05. The van der Waals surface area contributed by atoms with Crippen LogP contribution in [0.4, 0.5) is 0 Å². The average molecular weight is 192 g/mol. The zero-order valence-corrected chi connectivity index (χ0v) is 8.92. The Morgan fingerprint density at radius 1 is 1.43 bits per heavy atom. The van der Waals surface area contributed by atoms with Crippen LogP contribution in [0.5, 0.6) is 0 Å². The summed E-state index contributed by atoms with van der Waals surface area (Å²) in [6.45, 7) is 5.86. The second kappa shape index (κ2) is 4.74. The van der Waals surface area contributed by atoms with Crippen LogP contribution < -0.4 is 16.1 Å². The van der Waals surface area contributed by atoms with Crippen LogP contribution in [0.2, 0.25) is 0 Å². The molecule has 3 nitrogen and oxygen atoms in total.